The van der Waals surface area contributed by atoms with Crippen LogP contribution in [0, 0.1) is 0 Å². The SMILES string of the molecule is Nn1cnnc1SCC(=O)Nc1cc(Cl)cc(Cl)c1. The number of nitrogens with one attached hydrogen (secondary N) is 1. The molecule has 1 amide bonds. The van der Waals surface area contributed by atoms with Gasteiger partial charge in [0.15, 0.2) is 0 Å². The molecular formula is C10H9Cl2N5OS. The first kappa shape index (κ1) is 14.0. The maximum Gasteiger partial charge on any atom is 0.234 e. The molecule has 3 N–H and O–H groups in total. The maximum atomic E-state index is 11.7. The van der Waals surface area contributed by atoms with Crippen molar-refractivity contribution in [2.24, 2.45) is 0 Å². The van der Waals surface area contributed by atoms with Gasteiger partial charge in [0, 0.05) is 15.7 Å². The minimum absolute atomic E-state index is 0.153. The molecule has 0 aliphatic carbocycles. The lowest BCUT2D eigenvalue weighted by molar-refractivity contribution is -0.113. The van der Waals surface area contributed by atoms with Crippen molar-refractivity contribution in [3.63, 3.8) is 0 Å². The van der Waals surface area contributed by atoms with Crippen LogP contribution in [-0.2, 0) is 4.79 Å². The molecule has 0 radical (unpaired) electrons. The summed E-state index contributed by atoms with van der Waals surface area (Å²) in [5, 5.41) is 11.4. The van der Waals surface area contributed by atoms with E-state index >= 15 is 0 Å². The number of carbonyl (C=O) groups is 1. The smallest absolute Gasteiger partial charge is 0.234 e. The van der Waals surface area contributed by atoms with Crippen LogP contribution in [0.3, 0.4) is 0 Å². The first-order valence-corrected chi connectivity index (χ1v) is 6.82. The number of anilines is 1. The molecule has 0 saturated heterocycles. The molecule has 0 saturated carbocycles. The quantitative estimate of drug-likeness (QED) is 0.665. The standard InChI is InChI=1S/C10H9Cl2N5OS/c11-6-1-7(12)3-8(2-6)15-9(18)4-19-10-16-14-5-17(10)13/h1-3,5H,4,13H2,(H,15,18). The summed E-state index contributed by atoms with van der Waals surface area (Å²) >= 11 is 12.8. The molecule has 0 atom stereocenters. The van der Waals surface area contributed by atoms with Gasteiger partial charge in [-0.1, -0.05) is 35.0 Å². The van der Waals surface area contributed by atoms with Gasteiger partial charge in [0.2, 0.25) is 11.1 Å². The van der Waals surface area contributed by atoms with Crippen molar-refractivity contribution < 1.29 is 4.79 Å². The van der Waals surface area contributed by atoms with Crippen LogP contribution in [0.2, 0.25) is 10.0 Å². The molecule has 6 nitrogen and oxygen atoms in total. The summed E-state index contributed by atoms with van der Waals surface area (Å²) in [4.78, 5) is 11.7. The minimum Gasteiger partial charge on any atom is -0.336 e. The Balaban J connectivity index is 1.92. The molecule has 0 bridgehead atoms. The lowest BCUT2D eigenvalue weighted by atomic mass is 10.3. The summed E-state index contributed by atoms with van der Waals surface area (Å²) in [6.07, 6.45) is 1.36. The monoisotopic (exact) mass is 317 g/mol. The van der Waals surface area contributed by atoms with Crippen molar-refractivity contribution in [2.45, 2.75) is 5.16 Å². The van der Waals surface area contributed by atoms with E-state index in [2.05, 4.69) is 15.5 Å². The first-order chi connectivity index (χ1) is 9.04. The zero-order valence-electron chi connectivity index (χ0n) is 9.51. The lowest BCUT2D eigenvalue weighted by Gasteiger charge is -2.05. The fourth-order valence-corrected chi connectivity index (χ4v) is 2.45. The number of nitrogens with zero attached hydrogens (tertiary/aromatic N) is 3. The third kappa shape index (κ3) is 4.02. The largest absolute Gasteiger partial charge is 0.336 e. The van der Waals surface area contributed by atoms with Crippen LogP contribution < -0.4 is 11.2 Å². The van der Waals surface area contributed by atoms with Crippen LogP contribution in [0.1, 0.15) is 0 Å². The van der Waals surface area contributed by atoms with Crippen LogP contribution in [-0.4, -0.2) is 26.5 Å². The minimum atomic E-state index is -0.216. The predicted molar refractivity (Wildman–Crippen MR) is 76.0 cm³/mol. The first-order valence-electron chi connectivity index (χ1n) is 5.08. The van der Waals surface area contributed by atoms with Crippen molar-refractivity contribution in [3.05, 3.63) is 34.6 Å². The second-order valence-electron chi connectivity index (χ2n) is 3.52. The normalized spacial score (nSPS) is 10.4. The van der Waals surface area contributed by atoms with Crippen LogP contribution in [0.5, 0.6) is 0 Å². The number of nitrogen functional groups attached to an aromatic ring is 1. The van der Waals surface area contributed by atoms with Gasteiger partial charge in [-0.05, 0) is 18.2 Å². The van der Waals surface area contributed by atoms with Gasteiger partial charge >= 0.3 is 0 Å². The fraction of sp³-hybridized carbons (Fsp3) is 0.100. The van der Waals surface area contributed by atoms with Gasteiger partial charge in [-0.2, -0.15) is 0 Å². The van der Waals surface area contributed by atoms with Gasteiger partial charge in [-0.25, -0.2) is 4.68 Å². The molecular weight excluding hydrogens is 309 g/mol. The van der Waals surface area contributed by atoms with Gasteiger partial charge in [0.1, 0.15) is 6.33 Å². The van der Waals surface area contributed by atoms with Crippen LogP contribution in [0.15, 0.2) is 29.7 Å². The van der Waals surface area contributed by atoms with Gasteiger partial charge < -0.3 is 11.2 Å². The van der Waals surface area contributed by atoms with Gasteiger partial charge in [0.25, 0.3) is 0 Å². The number of thioether (sulfide) groups is 1. The van der Waals surface area contributed by atoms with E-state index in [0.717, 1.165) is 0 Å². The van der Waals surface area contributed by atoms with Crippen molar-refractivity contribution in [2.75, 3.05) is 16.9 Å². The molecule has 0 unspecified atom stereocenters. The van der Waals surface area contributed by atoms with E-state index < -0.39 is 0 Å². The Labute approximate surface area is 123 Å². The van der Waals surface area contributed by atoms with E-state index in [4.69, 9.17) is 29.0 Å². The Bertz CT molecular complexity index is 583. The van der Waals surface area contributed by atoms with Gasteiger partial charge in [-0.3, -0.25) is 4.79 Å². The average Bonchev–Trinajstić information content (AvgIpc) is 2.71. The molecule has 2 aromatic rings. The average molecular weight is 318 g/mol. The van der Waals surface area contributed by atoms with Gasteiger partial charge in [0.05, 0.1) is 5.75 Å². The number of hydrogen-bond acceptors (Lipinski definition) is 5. The van der Waals surface area contributed by atoms with Crippen molar-refractivity contribution in [1.82, 2.24) is 14.9 Å². The highest BCUT2D eigenvalue weighted by molar-refractivity contribution is 7.99. The summed E-state index contributed by atoms with van der Waals surface area (Å²) < 4.78 is 1.24. The number of amides is 1. The molecule has 0 aliphatic heterocycles. The van der Waals surface area contributed by atoms with E-state index in [0.29, 0.717) is 20.9 Å². The van der Waals surface area contributed by atoms with E-state index in [1.54, 1.807) is 18.2 Å². The summed E-state index contributed by atoms with van der Waals surface area (Å²) in [7, 11) is 0. The van der Waals surface area contributed by atoms with Crippen LogP contribution >= 0.6 is 35.0 Å². The predicted octanol–water partition coefficient (Wildman–Crippen LogP) is 2.03. The Morgan fingerprint density at radius 1 is 1.37 bits per heavy atom. The molecule has 0 spiro atoms. The Hall–Kier alpha value is -1.44. The highest BCUT2D eigenvalue weighted by atomic mass is 35.5. The fourth-order valence-electron chi connectivity index (χ4n) is 1.29. The number of halogens is 2. The Kier molecular flexibility index (Phi) is 4.52. The highest BCUT2D eigenvalue weighted by Gasteiger charge is 2.08. The molecule has 100 valence electrons. The van der Waals surface area contributed by atoms with Crippen LogP contribution in [0.25, 0.3) is 0 Å². The summed E-state index contributed by atoms with van der Waals surface area (Å²) in [6.45, 7) is 0. The second-order valence-corrected chi connectivity index (χ2v) is 5.33. The molecule has 1 aromatic carbocycles. The van der Waals surface area contributed by atoms with Crippen molar-refractivity contribution >= 4 is 46.6 Å². The number of rotatable bonds is 4. The number of nitrogens with two attached hydrogens (primary N) is 1. The van der Waals surface area contributed by atoms with E-state index in [1.165, 1.54) is 22.8 Å². The molecule has 2 rings (SSSR count). The Morgan fingerprint density at radius 2 is 2.05 bits per heavy atom. The molecule has 1 heterocycles. The van der Waals surface area contributed by atoms with E-state index in [1.807, 2.05) is 0 Å². The highest BCUT2D eigenvalue weighted by Crippen LogP contribution is 2.22. The molecule has 0 fully saturated rings. The summed E-state index contributed by atoms with van der Waals surface area (Å²) in [6, 6.07) is 4.81. The third-order valence-corrected chi connectivity index (χ3v) is 3.41. The maximum absolute atomic E-state index is 11.7. The zero-order chi connectivity index (χ0) is 13.8. The lowest BCUT2D eigenvalue weighted by Crippen LogP contribution is -2.15. The third-order valence-electron chi connectivity index (χ3n) is 2.02. The number of benzene rings is 1. The van der Waals surface area contributed by atoms with Gasteiger partial charge in [-0.15, -0.1) is 10.2 Å². The second kappa shape index (κ2) is 6.14. The molecule has 9 heteroatoms. The molecule has 0 aliphatic rings. The summed E-state index contributed by atoms with van der Waals surface area (Å²) in [5.41, 5.74) is 0.539. The molecule has 19 heavy (non-hydrogen) atoms. The van der Waals surface area contributed by atoms with Crippen molar-refractivity contribution in [1.29, 1.82) is 0 Å². The topological polar surface area (TPSA) is 85.8 Å². The summed E-state index contributed by atoms with van der Waals surface area (Å²) in [5.74, 6) is 5.46. The zero-order valence-corrected chi connectivity index (χ0v) is 11.8. The Morgan fingerprint density at radius 3 is 2.63 bits per heavy atom. The van der Waals surface area contributed by atoms with Crippen molar-refractivity contribution in [3.8, 4) is 0 Å². The molecule has 1 aromatic heterocycles. The number of aromatic nitrogens is 3. The number of carbonyl (C=O) groups excluding carboxylic acids is 1. The van der Waals surface area contributed by atoms with E-state index in [-0.39, 0.29) is 11.7 Å². The van der Waals surface area contributed by atoms with Crippen LogP contribution in [0.4, 0.5) is 5.69 Å². The number of hydrogen-bond donors (Lipinski definition) is 2. The van der Waals surface area contributed by atoms with E-state index in [9.17, 15) is 4.79 Å².